The van der Waals surface area contributed by atoms with Gasteiger partial charge in [0.1, 0.15) is 16.9 Å². The van der Waals surface area contributed by atoms with Crippen LogP contribution in [0.2, 0.25) is 0 Å². The Morgan fingerprint density at radius 1 is 0.944 bits per heavy atom. The number of carbonyl (C=O) groups excluding carboxylic acids is 2. The van der Waals surface area contributed by atoms with Crippen molar-refractivity contribution in [1.29, 1.82) is 0 Å². The first-order valence-corrected chi connectivity index (χ1v) is 11.6. The van der Waals surface area contributed by atoms with Crippen molar-refractivity contribution in [2.75, 3.05) is 5.32 Å². The van der Waals surface area contributed by atoms with Gasteiger partial charge in [-0.25, -0.2) is 4.68 Å². The van der Waals surface area contributed by atoms with Crippen LogP contribution in [0.4, 0.5) is 5.69 Å². The maximum Gasteiger partial charge on any atom is 0.280 e. The summed E-state index contributed by atoms with van der Waals surface area (Å²) in [5, 5.41) is 7.33. The number of carbonyl (C=O) groups is 2. The molecule has 0 radical (unpaired) electrons. The van der Waals surface area contributed by atoms with Crippen LogP contribution in [0.25, 0.3) is 22.4 Å². The summed E-state index contributed by atoms with van der Waals surface area (Å²) in [7, 11) is 1.52. The minimum absolute atomic E-state index is 0.0287. The number of hydrogen-bond donors (Lipinski definition) is 1. The van der Waals surface area contributed by atoms with E-state index in [1.807, 2.05) is 74.5 Å². The van der Waals surface area contributed by atoms with Gasteiger partial charge in [-0.1, -0.05) is 60.7 Å². The average Bonchev–Trinajstić information content (AvgIpc) is 2.86. The number of hydrogen-bond acceptors (Lipinski definition) is 5. The highest BCUT2D eigenvalue weighted by molar-refractivity contribution is 6.11. The van der Waals surface area contributed by atoms with E-state index in [1.54, 1.807) is 18.2 Å². The molecule has 1 N–H and O–H groups in total. The highest BCUT2D eigenvalue weighted by atomic mass is 16.5. The van der Waals surface area contributed by atoms with Crippen LogP contribution >= 0.6 is 0 Å². The Kier molecular flexibility index (Phi) is 5.76. The lowest BCUT2D eigenvalue weighted by molar-refractivity contribution is 0.0620. The predicted octanol–water partition coefficient (Wildman–Crippen LogP) is 5.11. The molecular formula is C29H25N3O4. The Hall–Kier alpha value is -4.52. The van der Waals surface area contributed by atoms with E-state index in [-0.39, 0.29) is 17.8 Å². The van der Waals surface area contributed by atoms with Crippen molar-refractivity contribution in [1.82, 2.24) is 9.78 Å². The van der Waals surface area contributed by atoms with E-state index in [0.717, 1.165) is 5.56 Å². The number of ketones is 1. The summed E-state index contributed by atoms with van der Waals surface area (Å²) in [5.74, 6) is -0.169. The topological polar surface area (TPSA) is 90.3 Å². The summed E-state index contributed by atoms with van der Waals surface area (Å²) >= 11 is 0. The number of fused-ring (bicyclic) bond motifs is 1. The van der Waals surface area contributed by atoms with Crippen molar-refractivity contribution in [3.63, 3.8) is 0 Å². The zero-order chi connectivity index (χ0) is 25.4. The fraction of sp³-hybridized carbons (Fsp3) is 0.172. The van der Waals surface area contributed by atoms with Gasteiger partial charge in [-0.3, -0.25) is 14.4 Å². The smallest absolute Gasteiger partial charge is 0.280 e. The SMILES string of the molecule is Cn1nc(-c2ccccc2)c(-c2ccccc2)c(C(=O)Nc2ccc3c(c2)C(=O)CC(C)(C)O3)c1=O. The Labute approximate surface area is 208 Å². The number of ether oxygens (including phenoxy) is 1. The number of amides is 1. The first-order valence-electron chi connectivity index (χ1n) is 11.6. The van der Waals surface area contributed by atoms with E-state index >= 15 is 0 Å². The highest BCUT2D eigenvalue weighted by Crippen LogP contribution is 2.35. The molecule has 1 aliphatic rings. The molecule has 3 aromatic carbocycles. The van der Waals surface area contributed by atoms with Crippen LogP contribution in [0.5, 0.6) is 5.75 Å². The molecule has 7 nitrogen and oxygen atoms in total. The molecule has 36 heavy (non-hydrogen) atoms. The lowest BCUT2D eigenvalue weighted by atomic mass is 9.92. The molecule has 0 atom stereocenters. The lowest BCUT2D eigenvalue weighted by Crippen LogP contribution is -2.36. The first-order chi connectivity index (χ1) is 17.2. The van der Waals surface area contributed by atoms with Crippen molar-refractivity contribution >= 4 is 17.4 Å². The van der Waals surface area contributed by atoms with Crippen molar-refractivity contribution in [3.05, 3.63) is 100 Å². The van der Waals surface area contributed by atoms with Crippen molar-refractivity contribution in [3.8, 4) is 28.1 Å². The van der Waals surface area contributed by atoms with E-state index in [2.05, 4.69) is 10.4 Å². The Balaban J connectivity index is 1.63. The molecule has 7 heteroatoms. The van der Waals surface area contributed by atoms with Gasteiger partial charge < -0.3 is 10.1 Å². The molecule has 180 valence electrons. The van der Waals surface area contributed by atoms with Crippen molar-refractivity contribution < 1.29 is 14.3 Å². The quantitative estimate of drug-likeness (QED) is 0.439. The van der Waals surface area contributed by atoms with Gasteiger partial charge in [0.05, 0.1) is 17.7 Å². The second-order valence-corrected chi connectivity index (χ2v) is 9.39. The maximum absolute atomic E-state index is 13.6. The van der Waals surface area contributed by atoms with Crippen molar-refractivity contribution in [2.45, 2.75) is 25.9 Å². The highest BCUT2D eigenvalue weighted by Gasteiger charge is 2.33. The third-order valence-electron chi connectivity index (χ3n) is 6.09. The standard InChI is InChI=1S/C29H25N3O4/c1-29(2)17-22(33)21-16-20(14-15-23(21)36-29)30-27(34)25-24(18-10-6-4-7-11-18)26(31-32(3)28(25)35)19-12-8-5-9-13-19/h4-16H,17H2,1-3H3,(H,30,34). The molecule has 0 spiro atoms. The van der Waals surface area contributed by atoms with Gasteiger partial charge in [-0.2, -0.15) is 5.10 Å². The molecule has 0 bridgehead atoms. The summed E-state index contributed by atoms with van der Waals surface area (Å²) in [4.78, 5) is 39.6. The largest absolute Gasteiger partial charge is 0.487 e. The molecule has 0 unspecified atom stereocenters. The third-order valence-corrected chi connectivity index (χ3v) is 6.09. The first kappa shape index (κ1) is 23.2. The average molecular weight is 480 g/mol. The second kappa shape index (κ2) is 8.92. The minimum Gasteiger partial charge on any atom is -0.487 e. The van der Waals surface area contributed by atoms with Crippen LogP contribution < -0.4 is 15.6 Å². The molecule has 2 heterocycles. The van der Waals surface area contributed by atoms with Gasteiger partial charge >= 0.3 is 0 Å². The number of aromatic nitrogens is 2. The Morgan fingerprint density at radius 2 is 1.58 bits per heavy atom. The van der Waals surface area contributed by atoms with Crippen LogP contribution in [-0.4, -0.2) is 27.1 Å². The minimum atomic E-state index is -0.587. The number of Topliss-reactive ketones (excluding diaryl/α,β-unsaturated/α-hetero) is 1. The molecule has 1 aliphatic heterocycles. The number of nitrogens with one attached hydrogen (secondary N) is 1. The van der Waals surface area contributed by atoms with Crippen LogP contribution in [0.1, 0.15) is 41.0 Å². The van der Waals surface area contributed by atoms with E-state index < -0.39 is 17.1 Å². The fourth-order valence-electron chi connectivity index (χ4n) is 4.45. The number of rotatable bonds is 4. The molecule has 0 fully saturated rings. The van der Waals surface area contributed by atoms with E-state index in [4.69, 9.17) is 4.74 Å². The monoisotopic (exact) mass is 479 g/mol. The van der Waals surface area contributed by atoms with Crippen LogP contribution in [0.15, 0.2) is 83.7 Å². The van der Waals surface area contributed by atoms with Gasteiger partial charge in [0.25, 0.3) is 11.5 Å². The van der Waals surface area contributed by atoms with Crippen LogP contribution in [0.3, 0.4) is 0 Å². The summed E-state index contributed by atoms with van der Waals surface area (Å²) in [6, 6.07) is 23.6. The summed E-state index contributed by atoms with van der Waals surface area (Å²) in [6.07, 6.45) is 0.237. The van der Waals surface area contributed by atoms with Crippen molar-refractivity contribution in [2.24, 2.45) is 7.05 Å². The molecule has 1 aromatic heterocycles. The zero-order valence-electron chi connectivity index (χ0n) is 20.2. The summed E-state index contributed by atoms with van der Waals surface area (Å²) < 4.78 is 7.09. The number of nitrogens with zero attached hydrogens (tertiary/aromatic N) is 2. The predicted molar refractivity (Wildman–Crippen MR) is 138 cm³/mol. The number of anilines is 1. The fourth-order valence-corrected chi connectivity index (χ4v) is 4.45. The number of benzene rings is 3. The van der Waals surface area contributed by atoms with Gasteiger partial charge in [0.2, 0.25) is 0 Å². The summed E-state index contributed by atoms with van der Waals surface area (Å²) in [5.41, 5.74) is 2.10. The van der Waals surface area contributed by atoms with Gasteiger partial charge in [0, 0.05) is 23.9 Å². The maximum atomic E-state index is 13.6. The Bertz CT molecular complexity index is 1540. The number of aryl methyl sites for hydroxylation is 1. The van der Waals surface area contributed by atoms with E-state index in [1.165, 1.54) is 11.7 Å². The Morgan fingerprint density at radius 3 is 2.25 bits per heavy atom. The third kappa shape index (κ3) is 4.31. The summed E-state index contributed by atoms with van der Waals surface area (Å²) in [6.45, 7) is 3.72. The molecule has 5 rings (SSSR count). The van der Waals surface area contributed by atoms with E-state index in [0.29, 0.717) is 33.8 Å². The molecule has 0 saturated carbocycles. The molecule has 1 amide bonds. The molecule has 0 aliphatic carbocycles. The molecular weight excluding hydrogens is 454 g/mol. The van der Waals surface area contributed by atoms with Crippen LogP contribution in [-0.2, 0) is 7.05 Å². The normalized spacial score (nSPS) is 14.0. The van der Waals surface area contributed by atoms with Gasteiger partial charge in [-0.05, 0) is 37.6 Å². The van der Waals surface area contributed by atoms with Gasteiger partial charge in [-0.15, -0.1) is 0 Å². The van der Waals surface area contributed by atoms with Crippen LogP contribution in [0, 0.1) is 0 Å². The molecule has 4 aromatic rings. The lowest BCUT2D eigenvalue weighted by Gasteiger charge is -2.31. The molecule has 0 saturated heterocycles. The van der Waals surface area contributed by atoms with E-state index in [9.17, 15) is 14.4 Å². The second-order valence-electron chi connectivity index (χ2n) is 9.39. The zero-order valence-corrected chi connectivity index (χ0v) is 20.2. The van der Waals surface area contributed by atoms with Gasteiger partial charge in [0.15, 0.2) is 5.78 Å².